The number of rotatable bonds is 7. The number of sulfonamides is 1. The fourth-order valence-electron chi connectivity index (χ4n) is 3.26. The Morgan fingerprint density at radius 1 is 1.04 bits per heavy atom. The lowest BCUT2D eigenvalue weighted by Gasteiger charge is -2.30. The lowest BCUT2D eigenvalue weighted by Crippen LogP contribution is -2.40. The van der Waals surface area contributed by atoms with E-state index < -0.39 is 10.0 Å². The molecule has 1 fully saturated rings. The van der Waals surface area contributed by atoms with E-state index in [-0.39, 0.29) is 23.4 Å². The molecule has 6 nitrogen and oxygen atoms in total. The molecule has 1 aliphatic heterocycles. The first-order valence-electron chi connectivity index (χ1n) is 9.45. The van der Waals surface area contributed by atoms with Gasteiger partial charge in [-0.3, -0.25) is 4.79 Å². The van der Waals surface area contributed by atoms with Gasteiger partial charge in [-0.2, -0.15) is 4.31 Å². The number of esters is 1. The van der Waals surface area contributed by atoms with Crippen molar-refractivity contribution in [1.29, 1.82) is 0 Å². The molecule has 0 saturated carbocycles. The second-order valence-corrected chi connectivity index (χ2v) is 8.58. The summed E-state index contributed by atoms with van der Waals surface area (Å²) in [5.74, 6) is 0.131. The number of nitrogens with zero attached hydrogens (tertiary/aromatic N) is 1. The molecule has 0 aliphatic carbocycles. The van der Waals surface area contributed by atoms with Gasteiger partial charge in [0.25, 0.3) is 0 Å². The van der Waals surface area contributed by atoms with Gasteiger partial charge in [0.15, 0.2) is 0 Å². The Hall–Kier alpha value is -2.38. The first-order chi connectivity index (χ1) is 13.5. The molecule has 7 heteroatoms. The zero-order chi connectivity index (χ0) is 20.0. The Labute approximate surface area is 166 Å². The number of hydrogen-bond acceptors (Lipinski definition) is 5. The third-order valence-corrected chi connectivity index (χ3v) is 6.72. The van der Waals surface area contributed by atoms with Gasteiger partial charge in [-0.25, -0.2) is 8.42 Å². The van der Waals surface area contributed by atoms with Crippen LogP contribution in [0.1, 0.15) is 25.3 Å². The van der Waals surface area contributed by atoms with Gasteiger partial charge in [0.05, 0.1) is 17.4 Å². The monoisotopic (exact) mass is 403 g/mol. The molecule has 2 aromatic rings. The van der Waals surface area contributed by atoms with Crippen LogP contribution < -0.4 is 4.74 Å². The Balaban J connectivity index is 1.54. The topological polar surface area (TPSA) is 72.9 Å². The quantitative estimate of drug-likeness (QED) is 0.664. The van der Waals surface area contributed by atoms with E-state index in [0.717, 1.165) is 5.56 Å². The Bertz CT molecular complexity index is 890. The highest BCUT2D eigenvalue weighted by Crippen LogP contribution is 2.25. The highest BCUT2D eigenvalue weighted by Gasteiger charge is 2.32. The molecule has 28 heavy (non-hydrogen) atoms. The summed E-state index contributed by atoms with van der Waals surface area (Å²) in [5, 5.41) is 0. The molecule has 1 saturated heterocycles. The summed E-state index contributed by atoms with van der Waals surface area (Å²) in [6, 6.07) is 15.8. The van der Waals surface area contributed by atoms with Crippen LogP contribution in [0.3, 0.4) is 0 Å². The van der Waals surface area contributed by atoms with Crippen molar-refractivity contribution in [3.8, 4) is 5.75 Å². The molecule has 0 radical (unpaired) electrons. The predicted octanol–water partition coefficient (Wildman–Crippen LogP) is 3.23. The summed E-state index contributed by atoms with van der Waals surface area (Å²) < 4.78 is 37.8. The van der Waals surface area contributed by atoms with Crippen LogP contribution in [-0.4, -0.2) is 38.4 Å². The Morgan fingerprint density at radius 2 is 1.68 bits per heavy atom. The standard InChI is InChI=1S/C21H25NO5S/c1-2-26-20-11-7-6-8-18(20)16-27-21(23)17-12-14-22(15-13-17)28(24,25)19-9-4-3-5-10-19/h3-11,17H,2,12-16H2,1H3. The number of hydrogen-bond donors (Lipinski definition) is 0. The normalized spacial score (nSPS) is 15.9. The average Bonchev–Trinajstić information content (AvgIpc) is 2.74. The van der Waals surface area contributed by atoms with Crippen molar-refractivity contribution >= 4 is 16.0 Å². The van der Waals surface area contributed by atoms with E-state index in [4.69, 9.17) is 9.47 Å². The van der Waals surface area contributed by atoms with Crippen LogP contribution in [0.2, 0.25) is 0 Å². The van der Waals surface area contributed by atoms with Crippen LogP contribution >= 0.6 is 0 Å². The van der Waals surface area contributed by atoms with Crippen molar-refractivity contribution in [3.63, 3.8) is 0 Å². The number of carbonyl (C=O) groups is 1. The van der Waals surface area contributed by atoms with Gasteiger partial charge >= 0.3 is 5.97 Å². The molecule has 0 aromatic heterocycles. The molecule has 0 N–H and O–H groups in total. The summed E-state index contributed by atoms with van der Waals surface area (Å²) in [6.45, 7) is 3.22. The third-order valence-electron chi connectivity index (χ3n) is 4.81. The molecular formula is C21H25NO5S. The van der Waals surface area contributed by atoms with E-state index in [1.165, 1.54) is 4.31 Å². The maximum Gasteiger partial charge on any atom is 0.309 e. The van der Waals surface area contributed by atoms with Gasteiger partial charge in [0, 0.05) is 18.7 Å². The number of benzene rings is 2. The van der Waals surface area contributed by atoms with Crippen LogP contribution in [0.5, 0.6) is 5.75 Å². The SMILES string of the molecule is CCOc1ccccc1COC(=O)C1CCN(S(=O)(=O)c2ccccc2)CC1. The average molecular weight is 404 g/mol. The first kappa shape index (κ1) is 20.4. The van der Waals surface area contributed by atoms with Gasteiger partial charge in [-0.15, -0.1) is 0 Å². The third kappa shape index (κ3) is 4.72. The van der Waals surface area contributed by atoms with E-state index in [9.17, 15) is 13.2 Å². The van der Waals surface area contributed by atoms with Crippen LogP contribution in [0.4, 0.5) is 0 Å². The summed E-state index contributed by atoms with van der Waals surface area (Å²) in [5.41, 5.74) is 0.821. The van der Waals surface area contributed by atoms with Gasteiger partial charge in [0.1, 0.15) is 12.4 Å². The fourth-order valence-corrected chi connectivity index (χ4v) is 4.75. The zero-order valence-corrected chi connectivity index (χ0v) is 16.7. The van der Waals surface area contributed by atoms with E-state index in [0.29, 0.717) is 38.3 Å². The van der Waals surface area contributed by atoms with E-state index in [2.05, 4.69) is 0 Å². The van der Waals surface area contributed by atoms with Crippen LogP contribution in [-0.2, 0) is 26.2 Å². The van der Waals surface area contributed by atoms with Crippen molar-refractivity contribution in [3.05, 3.63) is 60.2 Å². The van der Waals surface area contributed by atoms with Crippen molar-refractivity contribution in [2.45, 2.75) is 31.3 Å². The van der Waals surface area contributed by atoms with Crippen LogP contribution in [0.25, 0.3) is 0 Å². The summed E-state index contributed by atoms with van der Waals surface area (Å²) >= 11 is 0. The van der Waals surface area contributed by atoms with Gasteiger partial charge in [-0.05, 0) is 38.0 Å². The summed E-state index contributed by atoms with van der Waals surface area (Å²) in [7, 11) is -3.51. The lowest BCUT2D eigenvalue weighted by molar-refractivity contribution is -0.151. The van der Waals surface area contributed by atoms with E-state index in [1.54, 1.807) is 30.3 Å². The largest absolute Gasteiger partial charge is 0.493 e. The highest BCUT2D eigenvalue weighted by atomic mass is 32.2. The molecule has 150 valence electrons. The number of ether oxygens (including phenoxy) is 2. The van der Waals surface area contributed by atoms with Gasteiger partial charge < -0.3 is 9.47 Å². The molecule has 2 aromatic carbocycles. The van der Waals surface area contributed by atoms with E-state index >= 15 is 0 Å². The molecule has 0 bridgehead atoms. The maximum atomic E-state index is 12.7. The smallest absolute Gasteiger partial charge is 0.309 e. The molecule has 0 atom stereocenters. The van der Waals surface area contributed by atoms with Crippen molar-refractivity contribution in [1.82, 2.24) is 4.31 Å². The number of piperidine rings is 1. The summed E-state index contributed by atoms with van der Waals surface area (Å²) in [6.07, 6.45) is 0.913. The molecule has 0 unspecified atom stereocenters. The van der Waals surface area contributed by atoms with E-state index in [1.807, 2.05) is 31.2 Å². The van der Waals surface area contributed by atoms with Crippen molar-refractivity contribution < 1.29 is 22.7 Å². The van der Waals surface area contributed by atoms with Gasteiger partial charge in [-0.1, -0.05) is 36.4 Å². The zero-order valence-electron chi connectivity index (χ0n) is 15.9. The molecule has 3 rings (SSSR count). The fraction of sp³-hybridized carbons (Fsp3) is 0.381. The van der Waals surface area contributed by atoms with Crippen LogP contribution in [0, 0.1) is 5.92 Å². The minimum Gasteiger partial charge on any atom is -0.493 e. The lowest BCUT2D eigenvalue weighted by atomic mass is 9.98. The number of carbonyl (C=O) groups excluding carboxylic acids is 1. The number of para-hydroxylation sites is 1. The first-order valence-corrected chi connectivity index (χ1v) is 10.9. The second kappa shape index (κ2) is 9.21. The molecular weight excluding hydrogens is 378 g/mol. The van der Waals surface area contributed by atoms with Crippen LogP contribution in [0.15, 0.2) is 59.5 Å². The molecule has 0 spiro atoms. The molecule has 1 heterocycles. The summed E-state index contributed by atoms with van der Waals surface area (Å²) in [4.78, 5) is 12.7. The van der Waals surface area contributed by atoms with Crippen molar-refractivity contribution in [2.24, 2.45) is 5.92 Å². The molecule has 0 amide bonds. The van der Waals surface area contributed by atoms with Crippen molar-refractivity contribution in [2.75, 3.05) is 19.7 Å². The Morgan fingerprint density at radius 3 is 2.36 bits per heavy atom. The maximum absolute atomic E-state index is 12.7. The van der Waals surface area contributed by atoms with Gasteiger partial charge in [0.2, 0.25) is 10.0 Å². The minimum absolute atomic E-state index is 0.150. The molecule has 1 aliphatic rings. The minimum atomic E-state index is -3.51. The Kier molecular flexibility index (Phi) is 6.70. The second-order valence-electron chi connectivity index (χ2n) is 6.64. The predicted molar refractivity (Wildman–Crippen MR) is 105 cm³/mol. The highest BCUT2D eigenvalue weighted by molar-refractivity contribution is 7.89.